The normalized spacial score (nSPS) is 10.5. The molecule has 4 rings (SSSR count). The first-order chi connectivity index (χ1) is 13.7. The quantitative estimate of drug-likeness (QED) is 0.556. The fraction of sp³-hybridized carbons (Fsp3) is 0. The molecule has 138 valence electrons. The van der Waals surface area contributed by atoms with E-state index in [1.54, 1.807) is 59.5 Å². The van der Waals surface area contributed by atoms with Gasteiger partial charge in [-0.05, 0) is 48.5 Å². The van der Waals surface area contributed by atoms with E-state index in [1.165, 1.54) is 6.20 Å². The molecule has 0 aliphatic carbocycles. The fourth-order valence-electron chi connectivity index (χ4n) is 2.44. The summed E-state index contributed by atoms with van der Waals surface area (Å²) >= 11 is 0. The van der Waals surface area contributed by atoms with E-state index in [2.05, 4.69) is 30.9 Å². The second kappa shape index (κ2) is 7.62. The van der Waals surface area contributed by atoms with E-state index in [0.717, 1.165) is 18.0 Å². The van der Waals surface area contributed by atoms with E-state index in [1.807, 2.05) is 0 Å². The summed E-state index contributed by atoms with van der Waals surface area (Å²) < 4.78 is 14.8. The van der Waals surface area contributed by atoms with Crippen LogP contribution in [0.25, 0.3) is 5.82 Å². The molecule has 2 N–H and O–H groups in total. The van der Waals surface area contributed by atoms with Crippen LogP contribution in [0.4, 0.5) is 21.6 Å². The summed E-state index contributed by atoms with van der Waals surface area (Å²) in [4.78, 5) is 15.8. The summed E-state index contributed by atoms with van der Waals surface area (Å²) in [6.45, 7) is 0. The lowest BCUT2D eigenvalue weighted by molar-refractivity contribution is 0.102. The third-order valence-electron chi connectivity index (χ3n) is 3.77. The highest BCUT2D eigenvalue weighted by Gasteiger charge is 2.08. The van der Waals surface area contributed by atoms with Crippen molar-refractivity contribution in [2.45, 2.75) is 0 Å². The highest BCUT2D eigenvalue weighted by molar-refractivity contribution is 6.04. The molecule has 1 aromatic carbocycles. The van der Waals surface area contributed by atoms with Gasteiger partial charge in [0.25, 0.3) is 5.91 Å². The number of halogens is 1. The molecule has 1 amide bonds. The predicted molar refractivity (Wildman–Crippen MR) is 101 cm³/mol. The number of nitrogens with zero attached hydrogens (tertiary/aromatic N) is 5. The topological polar surface area (TPSA) is 97.6 Å². The van der Waals surface area contributed by atoms with Gasteiger partial charge in [0.05, 0.1) is 11.8 Å². The van der Waals surface area contributed by atoms with Crippen molar-refractivity contribution >= 4 is 23.1 Å². The van der Waals surface area contributed by atoms with Crippen LogP contribution in [0.3, 0.4) is 0 Å². The van der Waals surface area contributed by atoms with Crippen LogP contribution in [0.1, 0.15) is 10.4 Å². The number of amides is 1. The number of hydrogen-bond donors (Lipinski definition) is 2. The average Bonchev–Trinajstić information content (AvgIpc) is 3.25. The van der Waals surface area contributed by atoms with Crippen LogP contribution < -0.4 is 10.6 Å². The van der Waals surface area contributed by atoms with Crippen molar-refractivity contribution < 1.29 is 9.18 Å². The van der Waals surface area contributed by atoms with Gasteiger partial charge in [-0.3, -0.25) is 9.78 Å². The number of aromatic nitrogens is 5. The molecule has 9 heteroatoms. The Labute approximate surface area is 159 Å². The van der Waals surface area contributed by atoms with E-state index in [4.69, 9.17) is 0 Å². The standard InChI is InChI=1S/C19H14FN7O/c20-14-10-13(11-21-12-14)19(28)24-16-4-2-15(3-5-16)23-17-6-7-18(26-25-17)27-9-1-8-22-27/h1-12H,(H,23,25)(H,24,28). The lowest BCUT2D eigenvalue weighted by Gasteiger charge is -2.08. The van der Waals surface area contributed by atoms with Crippen LogP contribution in [-0.2, 0) is 0 Å². The van der Waals surface area contributed by atoms with Crippen molar-refractivity contribution in [2.24, 2.45) is 0 Å². The van der Waals surface area contributed by atoms with Gasteiger partial charge in [-0.2, -0.15) is 5.10 Å². The van der Waals surface area contributed by atoms with Gasteiger partial charge in [0, 0.05) is 30.0 Å². The maximum absolute atomic E-state index is 13.2. The Morgan fingerprint density at radius 1 is 1.00 bits per heavy atom. The zero-order chi connectivity index (χ0) is 19.3. The van der Waals surface area contributed by atoms with Crippen molar-refractivity contribution in [2.75, 3.05) is 10.6 Å². The smallest absolute Gasteiger partial charge is 0.257 e. The molecule has 8 nitrogen and oxygen atoms in total. The molecule has 0 saturated carbocycles. The molecule has 3 aromatic heterocycles. The molecular formula is C19H14FN7O. The van der Waals surface area contributed by atoms with Gasteiger partial charge in [-0.25, -0.2) is 9.07 Å². The van der Waals surface area contributed by atoms with Crippen molar-refractivity contribution in [1.82, 2.24) is 25.0 Å². The highest BCUT2D eigenvalue weighted by Crippen LogP contribution is 2.18. The summed E-state index contributed by atoms with van der Waals surface area (Å²) in [5.74, 6) is 0.179. The molecule has 0 aliphatic heterocycles. The van der Waals surface area contributed by atoms with Gasteiger partial charge >= 0.3 is 0 Å². The molecule has 0 fully saturated rings. The Kier molecular flexibility index (Phi) is 4.70. The van der Waals surface area contributed by atoms with Crippen molar-refractivity contribution in [3.8, 4) is 5.82 Å². The van der Waals surface area contributed by atoms with Gasteiger partial charge in [-0.1, -0.05) is 0 Å². The minimum atomic E-state index is -0.563. The van der Waals surface area contributed by atoms with E-state index in [0.29, 0.717) is 17.3 Å². The summed E-state index contributed by atoms with van der Waals surface area (Å²) in [7, 11) is 0. The first-order valence-electron chi connectivity index (χ1n) is 8.30. The SMILES string of the molecule is O=C(Nc1ccc(Nc2ccc(-n3cccn3)nn2)cc1)c1cncc(F)c1. The van der Waals surface area contributed by atoms with Gasteiger partial charge in [0.1, 0.15) is 5.82 Å². The highest BCUT2D eigenvalue weighted by atomic mass is 19.1. The number of nitrogens with one attached hydrogen (secondary N) is 2. The number of benzene rings is 1. The lowest BCUT2D eigenvalue weighted by Crippen LogP contribution is -2.12. The number of rotatable bonds is 5. The maximum Gasteiger partial charge on any atom is 0.257 e. The van der Waals surface area contributed by atoms with Crippen molar-refractivity contribution in [1.29, 1.82) is 0 Å². The summed E-state index contributed by atoms with van der Waals surface area (Å²) in [6.07, 6.45) is 5.80. The number of hydrogen-bond acceptors (Lipinski definition) is 6. The zero-order valence-electron chi connectivity index (χ0n) is 14.5. The number of carbonyl (C=O) groups is 1. The average molecular weight is 375 g/mol. The first kappa shape index (κ1) is 17.3. The molecule has 28 heavy (non-hydrogen) atoms. The maximum atomic E-state index is 13.2. The van der Waals surface area contributed by atoms with Crippen LogP contribution in [0.15, 0.2) is 73.3 Å². The second-order valence-corrected chi connectivity index (χ2v) is 5.78. The largest absolute Gasteiger partial charge is 0.339 e. The summed E-state index contributed by atoms with van der Waals surface area (Å²) in [5, 5.41) is 18.1. The number of anilines is 3. The Morgan fingerprint density at radius 2 is 1.82 bits per heavy atom. The van der Waals surface area contributed by atoms with E-state index < -0.39 is 11.7 Å². The molecule has 0 radical (unpaired) electrons. The number of carbonyl (C=O) groups excluding carboxylic acids is 1. The van der Waals surface area contributed by atoms with Gasteiger partial charge < -0.3 is 10.6 Å². The Balaban J connectivity index is 1.40. The van der Waals surface area contributed by atoms with Crippen molar-refractivity contribution in [3.63, 3.8) is 0 Å². The van der Waals surface area contributed by atoms with Gasteiger partial charge in [-0.15, -0.1) is 10.2 Å². The number of pyridine rings is 1. The zero-order valence-corrected chi connectivity index (χ0v) is 14.5. The lowest BCUT2D eigenvalue weighted by atomic mass is 10.2. The van der Waals surface area contributed by atoms with E-state index in [9.17, 15) is 9.18 Å². The Morgan fingerprint density at radius 3 is 2.50 bits per heavy atom. The Bertz CT molecular complexity index is 1080. The molecule has 0 unspecified atom stereocenters. The molecule has 0 spiro atoms. The van der Waals surface area contributed by atoms with Gasteiger partial charge in [0.15, 0.2) is 11.6 Å². The molecule has 4 aromatic rings. The molecular weight excluding hydrogens is 361 g/mol. The van der Waals surface area contributed by atoms with E-state index >= 15 is 0 Å². The van der Waals surface area contributed by atoms with Crippen LogP contribution in [0.2, 0.25) is 0 Å². The van der Waals surface area contributed by atoms with Gasteiger partial charge in [0.2, 0.25) is 0 Å². The summed E-state index contributed by atoms with van der Waals surface area (Å²) in [6, 6.07) is 13.5. The first-order valence-corrected chi connectivity index (χ1v) is 8.30. The summed E-state index contributed by atoms with van der Waals surface area (Å²) in [5.41, 5.74) is 1.49. The molecule has 0 aliphatic rings. The van der Waals surface area contributed by atoms with Crippen LogP contribution in [-0.4, -0.2) is 30.9 Å². The predicted octanol–water partition coefficient (Wildman–Crippen LogP) is 3.19. The van der Waals surface area contributed by atoms with Crippen LogP contribution in [0, 0.1) is 5.82 Å². The van der Waals surface area contributed by atoms with E-state index in [-0.39, 0.29) is 5.56 Å². The Hall–Kier alpha value is -4.14. The molecule has 0 atom stereocenters. The fourth-order valence-corrected chi connectivity index (χ4v) is 2.44. The third-order valence-corrected chi connectivity index (χ3v) is 3.77. The minimum Gasteiger partial charge on any atom is -0.339 e. The third kappa shape index (κ3) is 3.98. The van der Waals surface area contributed by atoms with Crippen LogP contribution in [0.5, 0.6) is 0 Å². The monoisotopic (exact) mass is 375 g/mol. The minimum absolute atomic E-state index is 0.148. The molecule has 0 saturated heterocycles. The van der Waals surface area contributed by atoms with Crippen LogP contribution >= 0.6 is 0 Å². The van der Waals surface area contributed by atoms with Crippen molar-refractivity contribution in [3.05, 3.63) is 84.7 Å². The molecule has 0 bridgehead atoms. The second-order valence-electron chi connectivity index (χ2n) is 5.78. The molecule has 3 heterocycles.